The Balaban J connectivity index is 3.95. The molecule has 0 aromatic heterocycles. The minimum Gasteiger partial charge on any atom is -0.394 e. The van der Waals surface area contributed by atoms with E-state index in [0.29, 0.717) is 6.42 Å². The fraction of sp³-hybridized carbons (Fsp3) is 0.818. The first-order chi connectivity index (χ1) is 7.31. The molecule has 0 aliphatic carbocycles. The average molecular weight is 230 g/mol. The van der Waals surface area contributed by atoms with Gasteiger partial charge in [-0.3, -0.25) is 9.59 Å². The summed E-state index contributed by atoms with van der Waals surface area (Å²) in [5.74, 6) is -0.446. The molecule has 5 nitrogen and oxygen atoms in total. The summed E-state index contributed by atoms with van der Waals surface area (Å²) in [5, 5.41) is 14.0. The molecule has 1 atom stereocenters. The number of aliphatic hydroxyl groups is 1. The van der Waals surface area contributed by atoms with Crippen molar-refractivity contribution in [3.05, 3.63) is 0 Å². The van der Waals surface area contributed by atoms with Crippen LogP contribution in [-0.4, -0.2) is 36.1 Å². The van der Waals surface area contributed by atoms with Gasteiger partial charge in [-0.1, -0.05) is 27.7 Å². The van der Waals surface area contributed by atoms with Crippen molar-refractivity contribution in [1.82, 2.24) is 10.6 Å². The zero-order valence-electron chi connectivity index (χ0n) is 10.5. The summed E-state index contributed by atoms with van der Waals surface area (Å²) in [6, 6.07) is -0.237. The van der Waals surface area contributed by atoms with Crippen LogP contribution in [0.3, 0.4) is 0 Å². The third-order valence-electron chi connectivity index (χ3n) is 2.17. The first kappa shape index (κ1) is 14.9. The second-order valence-corrected chi connectivity index (χ2v) is 4.79. The molecule has 0 radical (unpaired) electrons. The predicted octanol–water partition coefficient (Wildman–Crippen LogP) is 0.0358. The summed E-state index contributed by atoms with van der Waals surface area (Å²) < 4.78 is 0. The molecule has 94 valence electrons. The zero-order valence-corrected chi connectivity index (χ0v) is 10.5. The van der Waals surface area contributed by atoms with Gasteiger partial charge in [-0.2, -0.15) is 0 Å². The highest BCUT2D eigenvalue weighted by atomic mass is 16.3. The van der Waals surface area contributed by atoms with Crippen molar-refractivity contribution in [2.45, 2.75) is 40.2 Å². The number of rotatable bonds is 5. The Kier molecular flexibility index (Phi) is 6.03. The van der Waals surface area contributed by atoms with Crippen LogP contribution in [0.4, 0.5) is 0 Å². The van der Waals surface area contributed by atoms with Gasteiger partial charge in [0.25, 0.3) is 0 Å². The minimum atomic E-state index is -0.499. The van der Waals surface area contributed by atoms with E-state index in [2.05, 4.69) is 10.6 Å². The van der Waals surface area contributed by atoms with E-state index in [-0.39, 0.29) is 31.0 Å². The topological polar surface area (TPSA) is 78.4 Å². The SMILES string of the molecule is CCC(CO)NC(=O)CNC(=O)C(C)(C)C. The van der Waals surface area contributed by atoms with Crippen LogP contribution in [0.25, 0.3) is 0 Å². The van der Waals surface area contributed by atoms with Gasteiger partial charge in [-0.05, 0) is 6.42 Å². The Labute approximate surface area is 96.6 Å². The Morgan fingerprint density at radius 1 is 1.31 bits per heavy atom. The molecule has 0 bridgehead atoms. The van der Waals surface area contributed by atoms with E-state index in [4.69, 9.17) is 5.11 Å². The lowest BCUT2D eigenvalue weighted by Gasteiger charge is -2.18. The van der Waals surface area contributed by atoms with E-state index >= 15 is 0 Å². The molecule has 0 saturated heterocycles. The van der Waals surface area contributed by atoms with Crippen molar-refractivity contribution in [3.63, 3.8) is 0 Å². The first-order valence-corrected chi connectivity index (χ1v) is 5.49. The number of nitrogens with one attached hydrogen (secondary N) is 2. The number of aliphatic hydroxyl groups excluding tert-OH is 1. The second kappa shape index (κ2) is 6.48. The van der Waals surface area contributed by atoms with Crippen LogP contribution in [-0.2, 0) is 9.59 Å². The highest BCUT2D eigenvalue weighted by molar-refractivity contribution is 5.87. The molecule has 0 heterocycles. The van der Waals surface area contributed by atoms with Crippen molar-refractivity contribution < 1.29 is 14.7 Å². The van der Waals surface area contributed by atoms with Crippen molar-refractivity contribution in [2.24, 2.45) is 5.41 Å². The third kappa shape index (κ3) is 5.70. The quantitative estimate of drug-likeness (QED) is 0.624. The van der Waals surface area contributed by atoms with Crippen molar-refractivity contribution >= 4 is 11.8 Å². The molecule has 0 saturated carbocycles. The predicted molar refractivity (Wildman–Crippen MR) is 61.8 cm³/mol. The molecule has 5 heteroatoms. The average Bonchev–Trinajstić information content (AvgIpc) is 2.20. The third-order valence-corrected chi connectivity index (χ3v) is 2.17. The van der Waals surface area contributed by atoms with Gasteiger partial charge in [-0.25, -0.2) is 0 Å². The second-order valence-electron chi connectivity index (χ2n) is 4.79. The summed E-state index contributed by atoms with van der Waals surface area (Å²) in [7, 11) is 0. The maximum absolute atomic E-state index is 11.5. The van der Waals surface area contributed by atoms with Gasteiger partial charge in [-0.15, -0.1) is 0 Å². The van der Waals surface area contributed by atoms with Crippen LogP contribution in [0.2, 0.25) is 0 Å². The highest BCUT2D eigenvalue weighted by Crippen LogP contribution is 2.11. The smallest absolute Gasteiger partial charge is 0.239 e. The molecule has 0 aliphatic rings. The summed E-state index contributed by atoms with van der Waals surface area (Å²) in [5.41, 5.74) is -0.499. The van der Waals surface area contributed by atoms with Gasteiger partial charge in [0.15, 0.2) is 0 Å². The lowest BCUT2D eigenvalue weighted by atomic mass is 9.96. The fourth-order valence-electron chi connectivity index (χ4n) is 0.981. The highest BCUT2D eigenvalue weighted by Gasteiger charge is 2.21. The van der Waals surface area contributed by atoms with Crippen LogP contribution >= 0.6 is 0 Å². The number of carbonyl (C=O) groups excluding carboxylic acids is 2. The van der Waals surface area contributed by atoms with Crippen molar-refractivity contribution in [2.75, 3.05) is 13.2 Å². The fourth-order valence-corrected chi connectivity index (χ4v) is 0.981. The lowest BCUT2D eigenvalue weighted by Crippen LogP contribution is -2.45. The van der Waals surface area contributed by atoms with Crippen LogP contribution in [0.1, 0.15) is 34.1 Å². The minimum absolute atomic E-state index is 0.0490. The Morgan fingerprint density at radius 3 is 2.25 bits per heavy atom. The molecule has 1 unspecified atom stereocenters. The monoisotopic (exact) mass is 230 g/mol. The van der Waals surface area contributed by atoms with Crippen LogP contribution in [0, 0.1) is 5.41 Å². The summed E-state index contributed by atoms with van der Waals surface area (Å²) in [6.45, 7) is 7.07. The van der Waals surface area contributed by atoms with E-state index in [9.17, 15) is 9.59 Å². The summed E-state index contributed by atoms with van der Waals surface area (Å²) >= 11 is 0. The van der Waals surface area contributed by atoms with E-state index in [1.165, 1.54) is 0 Å². The Bertz CT molecular complexity index is 242. The van der Waals surface area contributed by atoms with E-state index in [1.807, 2.05) is 6.92 Å². The van der Waals surface area contributed by atoms with Crippen LogP contribution in [0.5, 0.6) is 0 Å². The molecule has 0 spiro atoms. The Hall–Kier alpha value is -1.10. The summed E-state index contributed by atoms with van der Waals surface area (Å²) in [6.07, 6.45) is 0.662. The maximum Gasteiger partial charge on any atom is 0.239 e. The zero-order chi connectivity index (χ0) is 12.8. The van der Waals surface area contributed by atoms with Gasteiger partial charge < -0.3 is 15.7 Å². The largest absolute Gasteiger partial charge is 0.394 e. The number of hydrogen-bond donors (Lipinski definition) is 3. The van der Waals surface area contributed by atoms with Gasteiger partial charge in [0.05, 0.1) is 19.2 Å². The van der Waals surface area contributed by atoms with E-state index in [0.717, 1.165) is 0 Å². The van der Waals surface area contributed by atoms with E-state index < -0.39 is 5.41 Å². The van der Waals surface area contributed by atoms with Gasteiger partial charge in [0.2, 0.25) is 11.8 Å². The number of amides is 2. The maximum atomic E-state index is 11.5. The molecule has 0 rings (SSSR count). The van der Waals surface area contributed by atoms with Gasteiger partial charge >= 0.3 is 0 Å². The molecule has 0 aromatic rings. The first-order valence-electron chi connectivity index (χ1n) is 5.49. The molecule has 3 N–H and O–H groups in total. The van der Waals surface area contributed by atoms with Gasteiger partial charge in [0.1, 0.15) is 0 Å². The van der Waals surface area contributed by atoms with Crippen molar-refractivity contribution in [1.29, 1.82) is 0 Å². The molecule has 16 heavy (non-hydrogen) atoms. The number of carbonyl (C=O) groups is 2. The molecule has 0 aliphatic heterocycles. The van der Waals surface area contributed by atoms with Crippen LogP contribution in [0.15, 0.2) is 0 Å². The number of hydrogen-bond acceptors (Lipinski definition) is 3. The molecule has 0 fully saturated rings. The standard InChI is InChI=1S/C11H22N2O3/c1-5-8(7-14)13-9(15)6-12-10(16)11(2,3)4/h8,14H,5-7H2,1-4H3,(H,12,16)(H,13,15). The Morgan fingerprint density at radius 2 is 1.88 bits per heavy atom. The van der Waals surface area contributed by atoms with Gasteiger partial charge in [0, 0.05) is 5.41 Å². The van der Waals surface area contributed by atoms with Crippen LogP contribution < -0.4 is 10.6 Å². The molecule has 0 aromatic carbocycles. The normalized spacial score (nSPS) is 13.1. The lowest BCUT2D eigenvalue weighted by molar-refractivity contribution is -0.131. The molecular weight excluding hydrogens is 208 g/mol. The summed E-state index contributed by atoms with van der Waals surface area (Å²) in [4.78, 5) is 22.8. The molecular formula is C11H22N2O3. The van der Waals surface area contributed by atoms with Crippen molar-refractivity contribution in [3.8, 4) is 0 Å². The molecule has 2 amide bonds. The van der Waals surface area contributed by atoms with E-state index in [1.54, 1.807) is 20.8 Å².